The molecule has 2 aromatic rings. The van der Waals surface area contributed by atoms with Gasteiger partial charge in [0.2, 0.25) is 0 Å². The lowest BCUT2D eigenvalue weighted by Gasteiger charge is -2.08. The van der Waals surface area contributed by atoms with E-state index in [1.54, 1.807) is 31.2 Å². The van der Waals surface area contributed by atoms with Gasteiger partial charge in [-0.05, 0) is 42.5 Å². The molecule has 0 unspecified atom stereocenters. The van der Waals surface area contributed by atoms with E-state index in [-0.39, 0.29) is 16.4 Å². The molecule has 2 aromatic carbocycles. The predicted molar refractivity (Wildman–Crippen MR) is 79.5 cm³/mol. The summed E-state index contributed by atoms with van der Waals surface area (Å²) in [4.78, 5) is 22.3. The molecule has 0 fully saturated rings. The molecule has 0 atom stereocenters. The van der Waals surface area contributed by atoms with Crippen LogP contribution >= 0.6 is 11.6 Å². The number of ether oxygens (including phenoxy) is 1. The van der Waals surface area contributed by atoms with Crippen molar-refractivity contribution in [2.24, 2.45) is 0 Å². The monoisotopic (exact) mass is 304 g/mol. The number of carbonyl (C=O) groups excluding carboxylic acids is 1. The first-order valence-corrected chi connectivity index (χ1v) is 6.73. The molecule has 0 saturated carbocycles. The molecule has 0 bridgehead atoms. The summed E-state index contributed by atoms with van der Waals surface area (Å²) in [5.41, 5.74) is 0.716. The average Bonchev–Trinajstić information content (AvgIpc) is 2.49. The van der Waals surface area contributed by atoms with Crippen LogP contribution in [-0.4, -0.2) is 16.9 Å². The number of carboxylic acid groups (broad SMARTS) is 1. The van der Waals surface area contributed by atoms with Crippen LogP contribution < -0.4 is 4.74 Å². The highest BCUT2D eigenvalue weighted by atomic mass is 35.5. The Kier molecular flexibility index (Phi) is 4.60. The lowest BCUT2D eigenvalue weighted by atomic mass is 10.1. The van der Waals surface area contributed by atoms with Crippen molar-refractivity contribution in [3.63, 3.8) is 0 Å². The maximum absolute atomic E-state index is 11.5. The topological polar surface area (TPSA) is 63.6 Å². The maximum Gasteiger partial charge on any atom is 0.335 e. The molecular formula is C16H13ClO4. The van der Waals surface area contributed by atoms with Crippen molar-refractivity contribution in [3.8, 4) is 11.5 Å². The molecule has 2 rings (SSSR count). The first-order valence-electron chi connectivity index (χ1n) is 6.35. The quantitative estimate of drug-likeness (QED) is 0.830. The zero-order valence-corrected chi connectivity index (χ0v) is 12.1. The Morgan fingerprint density at radius 2 is 1.71 bits per heavy atom. The summed E-state index contributed by atoms with van der Waals surface area (Å²) < 4.78 is 5.58. The van der Waals surface area contributed by atoms with Gasteiger partial charge in [-0.1, -0.05) is 18.5 Å². The molecule has 108 valence electrons. The van der Waals surface area contributed by atoms with Gasteiger partial charge in [0.1, 0.15) is 11.5 Å². The molecule has 0 radical (unpaired) electrons. The van der Waals surface area contributed by atoms with Crippen LogP contribution in [0, 0.1) is 0 Å². The second-order valence-electron chi connectivity index (χ2n) is 4.35. The highest BCUT2D eigenvalue weighted by Gasteiger charge is 2.09. The van der Waals surface area contributed by atoms with E-state index in [0.29, 0.717) is 23.5 Å². The fourth-order valence-electron chi connectivity index (χ4n) is 1.76. The minimum Gasteiger partial charge on any atom is -0.478 e. The highest BCUT2D eigenvalue weighted by Crippen LogP contribution is 2.30. The summed E-state index contributed by atoms with van der Waals surface area (Å²) >= 11 is 5.99. The third-order valence-electron chi connectivity index (χ3n) is 2.90. The van der Waals surface area contributed by atoms with Crippen LogP contribution in [0.25, 0.3) is 0 Å². The van der Waals surface area contributed by atoms with Gasteiger partial charge in [0.05, 0.1) is 10.6 Å². The average molecular weight is 305 g/mol. The molecule has 5 heteroatoms. The Morgan fingerprint density at radius 1 is 1.10 bits per heavy atom. The zero-order chi connectivity index (χ0) is 15.4. The normalized spacial score (nSPS) is 10.2. The van der Waals surface area contributed by atoms with Gasteiger partial charge in [0, 0.05) is 12.0 Å². The van der Waals surface area contributed by atoms with Crippen LogP contribution in [0.5, 0.6) is 11.5 Å². The van der Waals surface area contributed by atoms with E-state index in [9.17, 15) is 9.59 Å². The number of carboxylic acids is 1. The largest absolute Gasteiger partial charge is 0.478 e. The number of carbonyl (C=O) groups is 2. The molecule has 0 heterocycles. The van der Waals surface area contributed by atoms with E-state index < -0.39 is 5.97 Å². The van der Waals surface area contributed by atoms with Gasteiger partial charge in [-0.2, -0.15) is 0 Å². The Morgan fingerprint density at radius 3 is 2.24 bits per heavy atom. The van der Waals surface area contributed by atoms with Crippen molar-refractivity contribution < 1.29 is 19.4 Å². The number of ketones is 1. The van der Waals surface area contributed by atoms with Crippen molar-refractivity contribution in [1.29, 1.82) is 0 Å². The minimum absolute atomic E-state index is 0.0605. The molecule has 0 spiro atoms. The van der Waals surface area contributed by atoms with Crippen molar-refractivity contribution in [2.45, 2.75) is 13.3 Å². The van der Waals surface area contributed by atoms with E-state index >= 15 is 0 Å². The van der Waals surface area contributed by atoms with Gasteiger partial charge >= 0.3 is 5.97 Å². The number of aromatic carboxylic acids is 1. The number of hydrogen-bond donors (Lipinski definition) is 1. The summed E-state index contributed by atoms with van der Waals surface area (Å²) in [6.45, 7) is 1.80. The maximum atomic E-state index is 11.5. The first kappa shape index (κ1) is 15.1. The lowest BCUT2D eigenvalue weighted by molar-refractivity contribution is 0.0696. The minimum atomic E-state index is -1.05. The number of halogens is 1. The van der Waals surface area contributed by atoms with Gasteiger partial charge in [-0.25, -0.2) is 4.79 Å². The molecule has 4 nitrogen and oxygen atoms in total. The SMILES string of the molecule is CCC(=O)c1ccc(Oc2ccc(C(=O)O)cc2Cl)cc1. The van der Waals surface area contributed by atoms with Gasteiger partial charge in [0.15, 0.2) is 5.78 Å². The third kappa shape index (κ3) is 3.61. The summed E-state index contributed by atoms with van der Waals surface area (Å²) in [7, 11) is 0. The van der Waals surface area contributed by atoms with Crippen LogP contribution in [0.1, 0.15) is 34.1 Å². The lowest BCUT2D eigenvalue weighted by Crippen LogP contribution is -1.97. The summed E-state index contributed by atoms with van der Waals surface area (Å²) in [5.74, 6) is -0.111. The van der Waals surface area contributed by atoms with Gasteiger partial charge in [-0.3, -0.25) is 4.79 Å². The van der Waals surface area contributed by atoms with Gasteiger partial charge < -0.3 is 9.84 Å². The van der Waals surface area contributed by atoms with Gasteiger partial charge in [-0.15, -0.1) is 0 Å². The zero-order valence-electron chi connectivity index (χ0n) is 11.3. The van der Waals surface area contributed by atoms with Gasteiger partial charge in [0.25, 0.3) is 0 Å². The number of benzene rings is 2. The molecule has 0 aliphatic carbocycles. The van der Waals surface area contributed by atoms with Crippen LogP contribution in [-0.2, 0) is 0 Å². The smallest absolute Gasteiger partial charge is 0.335 e. The van der Waals surface area contributed by atoms with Crippen LogP contribution in [0.3, 0.4) is 0 Å². The van der Waals surface area contributed by atoms with Crippen molar-refractivity contribution in [2.75, 3.05) is 0 Å². The molecular weight excluding hydrogens is 292 g/mol. The van der Waals surface area contributed by atoms with E-state index in [0.717, 1.165) is 0 Å². The first-order chi connectivity index (χ1) is 10.0. The molecule has 1 N–H and O–H groups in total. The fraction of sp³-hybridized carbons (Fsp3) is 0.125. The standard InChI is InChI=1S/C16H13ClO4/c1-2-14(18)10-3-6-12(7-4-10)21-15-8-5-11(16(19)20)9-13(15)17/h3-9H,2H2,1H3,(H,19,20). The second kappa shape index (κ2) is 6.41. The highest BCUT2D eigenvalue weighted by molar-refractivity contribution is 6.32. The van der Waals surface area contributed by atoms with Crippen molar-refractivity contribution in [3.05, 3.63) is 58.6 Å². The van der Waals surface area contributed by atoms with E-state index in [1.165, 1.54) is 18.2 Å². The molecule has 0 saturated heterocycles. The fourth-order valence-corrected chi connectivity index (χ4v) is 1.98. The van der Waals surface area contributed by atoms with Crippen LogP contribution in [0.2, 0.25) is 5.02 Å². The van der Waals surface area contributed by atoms with E-state index in [2.05, 4.69) is 0 Å². The molecule has 0 aliphatic heterocycles. The predicted octanol–water partition coefficient (Wildman–Crippen LogP) is 4.42. The molecule has 0 aromatic heterocycles. The Hall–Kier alpha value is -2.33. The summed E-state index contributed by atoms with van der Waals surface area (Å²) in [5, 5.41) is 9.08. The number of rotatable bonds is 5. The molecule has 0 amide bonds. The number of hydrogen-bond acceptors (Lipinski definition) is 3. The van der Waals surface area contributed by atoms with E-state index in [4.69, 9.17) is 21.4 Å². The molecule has 21 heavy (non-hydrogen) atoms. The Bertz CT molecular complexity index is 677. The Balaban J connectivity index is 2.18. The third-order valence-corrected chi connectivity index (χ3v) is 3.20. The van der Waals surface area contributed by atoms with Crippen LogP contribution in [0.4, 0.5) is 0 Å². The summed E-state index contributed by atoms with van der Waals surface area (Å²) in [6.07, 6.45) is 0.447. The number of Topliss-reactive ketones (excluding diaryl/α,β-unsaturated/α-hetero) is 1. The van der Waals surface area contributed by atoms with Crippen molar-refractivity contribution in [1.82, 2.24) is 0 Å². The van der Waals surface area contributed by atoms with E-state index in [1.807, 2.05) is 0 Å². The van der Waals surface area contributed by atoms with Crippen molar-refractivity contribution >= 4 is 23.4 Å². The Labute approximate surface area is 126 Å². The summed E-state index contributed by atoms with van der Waals surface area (Å²) in [6, 6.07) is 10.9. The van der Waals surface area contributed by atoms with Crippen LogP contribution in [0.15, 0.2) is 42.5 Å². The second-order valence-corrected chi connectivity index (χ2v) is 4.76. The molecule has 0 aliphatic rings.